The second-order valence-corrected chi connectivity index (χ2v) is 35.6. The van der Waals surface area contributed by atoms with Crippen molar-refractivity contribution < 1.29 is 214 Å². The number of rotatable bonds is 9. The zero-order chi connectivity index (χ0) is 88.4. The number of carboxylic acids is 2. The summed E-state index contributed by atoms with van der Waals surface area (Å²) in [7, 11) is 2.20. The minimum absolute atomic E-state index is 0. The molecule has 2 radical (unpaired) electrons. The Labute approximate surface area is 759 Å². The van der Waals surface area contributed by atoms with Gasteiger partial charge in [0, 0.05) is 176 Å². The number of hydrogen-bond acceptors (Lipinski definition) is 25. The molecule has 12 saturated carbocycles. The van der Waals surface area contributed by atoms with Crippen molar-refractivity contribution in [3.8, 4) is 0 Å². The van der Waals surface area contributed by atoms with Crippen LogP contribution in [0.3, 0.4) is 0 Å². The van der Waals surface area contributed by atoms with Crippen molar-refractivity contribution in [1.29, 1.82) is 1.28 Å². The molecular formula is C82H126F6LiN2O26P2Rh2S+. The molecule has 0 aromatic heterocycles. The van der Waals surface area contributed by atoms with Crippen LogP contribution in [0.2, 0.25) is 0 Å². The molecule has 15 fully saturated rings. The van der Waals surface area contributed by atoms with Gasteiger partial charge < -0.3 is 73.3 Å². The number of nitrogens with zero attached hydrogens (tertiary/aromatic N) is 2. The summed E-state index contributed by atoms with van der Waals surface area (Å²) in [5, 5.41) is 17.4. The van der Waals surface area contributed by atoms with Gasteiger partial charge >= 0.3 is 80.1 Å². The van der Waals surface area contributed by atoms with Crippen molar-refractivity contribution in [1.82, 2.24) is 0 Å². The minimum Gasteiger partial charge on any atom is -0.870 e. The number of hydrogen-bond donors (Lipinski definition) is 2. The molecule has 3 saturated heterocycles. The number of esters is 7. The fourth-order valence-corrected chi connectivity index (χ4v) is 17.2. The third-order valence-corrected chi connectivity index (χ3v) is 24.5. The number of allylic oxidation sites excluding steroid dienone is 1. The molecule has 28 nitrogen and oxygen atoms in total. The van der Waals surface area contributed by atoms with Crippen LogP contribution in [0.25, 0.3) is 5.53 Å². The molecule has 8 spiro atoms. The van der Waals surface area contributed by atoms with E-state index in [1.54, 1.807) is 6.92 Å². The van der Waals surface area contributed by atoms with Crippen molar-refractivity contribution in [3.05, 3.63) is 17.7 Å². The maximum atomic E-state index is 12.9. The van der Waals surface area contributed by atoms with E-state index < -0.39 is 60.6 Å². The molecule has 122 heavy (non-hydrogen) atoms. The number of ether oxygens (including phenoxy) is 11. The third kappa shape index (κ3) is 38.3. The number of alkyl halides is 6. The first-order chi connectivity index (χ1) is 55.1. The smallest absolute Gasteiger partial charge is 0.870 e. The van der Waals surface area contributed by atoms with Crippen molar-refractivity contribution in [3.63, 3.8) is 0 Å². The maximum absolute atomic E-state index is 12.9. The molecule has 3 N–H and O–H groups in total. The average molecular weight is 1980 g/mol. The third-order valence-electron chi connectivity index (χ3n) is 24.5. The van der Waals surface area contributed by atoms with Crippen LogP contribution in [0.1, 0.15) is 275 Å². The summed E-state index contributed by atoms with van der Waals surface area (Å²) in [4.78, 5) is 129. The van der Waals surface area contributed by atoms with Crippen LogP contribution in [-0.4, -0.2) is 194 Å². The molecule has 3 aliphatic heterocycles. The van der Waals surface area contributed by atoms with Gasteiger partial charge in [0.25, 0.3) is 0 Å². The summed E-state index contributed by atoms with van der Waals surface area (Å²) in [6.07, 6.45) is 20.6. The summed E-state index contributed by atoms with van der Waals surface area (Å²) >= 11 is 4.31. The van der Waals surface area contributed by atoms with Gasteiger partial charge in [-0.2, -0.15) is 4.79 Å². The van der Waals surface area contributed by atoms with E-state index in [-0.39, 0.29) is 207 Å². The molecule has 12 aliphatic carbocycles. The van der Waals surface area contributed by atoms with Gasteiger partial charge in [0.05, 0.1) is 98.0 Å². The van der Waals surface area contributed by atoms with E-state index in [2.05, 4.69) is 41.6 Å². The fourth-order valence-electron chi connectivity index (χ4n) is 17.2. The first-order valence-corrected chi connectivity index (χ1v) is 44.1. The van der Waals surface area contributed by atoms with Gasteiger partial charge in [-0.1, -0.05) is 19.6 Å². The van der Waals surface area contributed by atoms with Crippen LogP contribution in [-0.2, 0) is 160 Å². The second kappa shape index (κ2) is 53.1. The van der Waals surface area contributed by atoms with E-state index in [1.807, 2.05) is 13.8 Å². The summed E-state index contributed by atoms with van der Waals surface area (Å²) < 4.78 is 140. The molecule has 0 amide bonds. The number of halogens is 6. The van der Waals surface area contributed by atoms with Crippen LogP contribution in [0.15, 0.2) is 12.2 Å². The predicted octanol–water partition coefficient (Wildman–Crippen LogP) is 12.1. The molecule has 0 aromatic rings. The van der Waals surface area contributed by atoms with Crippen molar-refractivity contribution in [2.75, 3.05) is 59.5 Å². The van der Waals surface area contributed by atoms with E-state index in [1.165, 1.54) is 40.2 Å². The minimum atomic E-state index is -2.54. The SMILES string of the molecule is C.C=C1CCC2(CC1)OCCO2.CC(=O)C=[N+]=[N-].CC(=O)OC(C)=O.CC(=O)OC(C)=O.CCOC(=O)C1CC12CCC(=O)CC2.CCOC(=O)C1CC12CCC(F)(F)CC2.CCOC(=O)C1CC12CCC1(CC2)OCCO1.O=C(O)C1CC12CCC(F)(F)CC2.O=C(O)C1CC12CCC(F)(F)CC2.O=C1CCC2(CC1)OCCO2.[3H][P+](P)=S.[Li+].[OH-].[Rh].[Rh]. The number of carbonyl (C=O) groups excluding carboxylic acids is 10. The van der Waals surface area contributed by atoms with Crippen LogP contribution < -0.4 is 18.9 Å². The number of aliphatic carboxylic acids is 2. The van der Waals surface area contributed by atoms with E-state index in [9.17, 15) is 83.9 Å². The number of carboxylic acid groups (broad SMARTS) is 2. The molecule has 3 heterocycles. The molecule has 7 atom stereocenters. The standard InChI is InChI=1S/C13H20O4.C11H16F2O2.C11H16O3.2C9H12F2O2.C9H14O2.C8H12O3.2C4H6O3.C3H4N2O.CH4.Li.H2O.H2P2S.2Rh/c1-2-15-11(14)10-9-12(10)3-5-13(6-4-12)16-7-8-17-13;1-2-15-9(14)8-7-10(8)3-5-11(12,13)6-4-10;1-2-14-10(13)9-7-11(9)5-3-8(12)4-6-11;2*10-9(11)3-1-8(2-4-9)5-6(8)7(12)13;1-8-2-4-9(5-3-8)10-6-7-11-9;9-7-1-3-8(4-2-7)10-5-6-11-8;2*1-3(5)7-4(2)6;1-3(6)2-5-4;;;;1-2-3;;/h10H,2-9H2,1H3;8H,2-7H2,1H3;9H,2-7H2,1H3;2*6H,1-5H2,(H,12,13);1-7H2;1-6H2;2*1-2H3;2H,1H3;1H4;;1H2;1H2;;/q;;;;;;;;;;;+1;;;;/i/hT. The number of ketones is 3. The van der Waals surface area contributed by atoms with E-state index in [0.717, 1.165) is 116 Å². The van der Waals surface area contributed by atoms with Gasteiger partial charge in [0.15, 0.2) is 36.2 Å². The first-order valence-electron chi connectivity index (χ1n) is 41.0. The Bertz CT molecular complexity index is 3390. The molecule has 40 heteroatoms. The second-order valence-electron chi connectivity index (χ2n) is 32.9. The first kappa shape index (κ1) is 116. The van der Waals surface area contributed by atoms with Gasteiger partial charge in [-0.3, -0.25) is 57.5 Å². The summed E-state index contributed by atoms with van der Waals surface area (Å²) in [6.45, 7) is 20.3. The van der Waals surface area contributed by atoms with Gasteiger partial charge in [0.2, 0.25) is 23.6 Å². The Hall–Kier alpha value is -4.15. The van der Waals surface area contributed by atoms with Crippen LogP contribution in [0.4, 0.5) is 26.3 Å². The zero-order valence-corrected chi connectivity index (χ0v) is 77.0. The zero-order valence-electron chi connectivity index (χ0n) is 71.9. The van der Waals surface area contributed by atoms with E-state index in [0.29, 0.717) is 135 Å². The summed E-state index contributed by atoms with van der Waals surface area (Å²) in [6, 6.07) is 0. The van der Waals surface area contributed by atoms with Crippen LogP contribution in [0, 0.1) is 56.7 Å². The van der Waals surface area contributed by atoms with Crippen LogP contribution in [0.5, 0.6) is 0 Å². The fraction of sp³-hybridized carbons (Fsp3) is 0.817. The topological polar surface area (TPSA) is 413 Å². The predicted molar refractivity (Wildman–Crippen MR) is 424 cm³/mol. The molecule has 15 rings (SSSR count). The van der Waals surface area contributed by atoms with E-state index >= 15 is 0 Å². The van der Waals surface area contributed by atoms with Crippen LogP contribution >= 0.6 is 15.9 Å². The number of Topliss-reactive ketones (excluding diaryl/α,β-unsaturated/α-hetero) is 3. The van der Waals surface area contributed by atoms with Crippen molar-refractivity contribution in [2.24, 2.45) is 56.7 Å². The van der Waals surface area contributed by atoms with Gasteiger partial charge in [0.1, 0.15) is 11.6 Å². The van der Waals surface area contributed by atoms with Crippen molar-refractivity contribution >= 4 is 105 Å². The van der Waals surface area contributed by atoms with E-state index in [4.69, 9.17) is 59.7 Å². The van der Waals surface area contributed by atoms with Gasteiger partial charge in [-0.15, -0.1) is 0 Å². The molecular weight excluding hydrogens is 1850 g/mol. The Morgan fingerprint density at radius 2 is 0.672 bits per heavy atom. The Morgan fingerprint density at radius 3 is 0.877 bits per heavy atom. The molecule has 0 aromatic carbocycles. The monoisotopic (exact) mass is 1980 g/mol. The Kier molecular flexibility index (Phi) is 50.4. The summed E-state index contributed by atoms with van der Waals surface area (Å²) in [5.74, 6) is -12.7. The average Bonchev–Trinajstić information content (AvgIpc) is 1.59. The Balaban J connectivity index is 0.00000135. The molecule has 15 aliphatic rings. The van der Waals surface area contributed by atoms with Gasteiger partial charge in [-0.05, 0) is 157 Å². The largest absolute Gasteiger partial charge is 1.00 e. The normalized spacial score (nSPS) is 26.0. The number of carbonyl (C=O) groups is 12. The molecule has 696 valence electrons. The van der Waals surface area contributed by atoms with Crippen molar-refractivity contribution in [2.45, 2.75) is 310 Å². The molecule has 0 bridgehead atoms. The van der Waals surface area contributed by atoms with Gasteiger partial charge in [-0.25, -0.2) is 26.3 Å². The maximum Gasteiger partial charge on any atom is 1.00 e. The summed E-state index contributed by atoms with van der Waals surface area (Å²) in [5.41, 5.74) is 8.65. The quantitative estimate of drug-likeness (QED) is 0.0207. The Morgan fingerprint density at radius 1 is 0.459 bits per heavy atom. The molecule has 7 unspecified atom stereocenters.